The van der Waals surface area contributed by atoms with Gasteiger partial charge in [0.15, 0.2) is 0 Å². The molecule has 4 nitrogen and oxygen atoms in total. The van der Waals surface area contributed by atoms with Crippen LogP contribution in [0.1, 0.15) is 0 Å². The Hall–Kier alpha value is -2.10. The van der Waals surface area contributed by atoms with E-state index < -0.39 is 0 Å². The van der Waals surface area contributed by atoms with E-state index in [9.17, 15) is 4.79 Å². The van der Waals surface area contributed by atoms with Crippen molar-refractivity contribution < 1.29 is 0 Å². The summed E-state index contributed by atoms with van der Waals surface area (Å²) in [7, 11) is 3.71. The molecule has 16 heavy (non-hydrogen) atoms. The molecule has 1 aromatic carbocycles. The molecule has 4 heteroatoms. The van der Waals surface area contributed by atoms with Crippen LogP contribution in [0.15, 0.2) is 47.4 Å². The second kappa shape index (κ2) is 4.18. The molecule has 2 aromatic rings. The zero-order valence-corrected chi connectivity index (χ0v) is 9.29. The summed E-state index contributed by atoms with van der Waals surface area (Å²) >= 11 is 0. The van der Waals surface area contributed by atoms with Crippen LogP contribution in [0.4, 0.5) is 5.82 Å². The van der Waals surface area contributed by atoms with Crippen molar-refractivity contribution in [1.82, 2.24) is 9.55 Å². The van der Waals surface area contributed by atoms with Gasteiger partial charge in [-0.1, -0.05) is 18.2 Å². The normalized spacial score (nSPS) is 10.1. The van der Waals surface area contributed by atoms with E-state index in [0.717, 1.165) is 5.69 Å². The molecule has 2 rings (SSSR count). The second-order valence-corrected chi connectivity index (χ2v) is 3.67. The molecule has 0 aliphatic heterocycles. The van der Waals surface area contributed by atoms with Crippen molar-refractivity contribution in [2.45, 2.75) is 0 Å². The molecule has 1 heterocycles. The lowest BCUT2D eigenvalue weighted by molar-refractivity contribution is 0.895. The van der Waals surface area contributed by atoms with Gasteiger partial charge < -0.3 is 4.90 Å². The molecule has 0 amide bonds. The molecule has 82 valence electrons. The highest BCUT2D eigenvalue weighted by atomic mass is 16.1. The highest BCUT2D eigenvalue weighted by Gasteiger charge is 2.02. The molecule has 0 atom stereocenters. The van der Waals surface area contributed by atoms with Crippen molar-refractivity contribution in [3.05, 3.63) is 53.1 Å². The van der Waals surface area contributed by atoms with Gasteiger partial charge in [-0.15, -0.1) is 0 Å². The van der Waals surface area contributed by atoms with Gasteiger partial charge in [0.05, 0.1) is 5.69 Å². The van der Waals surface area contributed by atoms with Crippen LogP contribution in [-0.4, -0.2) is 23.6 Å². The number of hydrogen-bond acceptors (Lipinski definition) is 3. The highest BCUT2D eigenvalue weighted by molar-refractivity contribution is 5.37. The summed E-state index contributed by atoms with van der Waals surface area (Å²) in [6.45, 7) is 0. The van der Waals surface area contributed by atoms with Gasteiger partial charge in [0.1, 0.15) is 5.82 Å². The second-order valence-electron chi connectivity index (χ2n) is 3.67. The lowest BCUT2D eigenvalue weighted by Gasteiger charge is -2.11. The van der Waals surface area contributed by atoms with E-state index in [1.54, 1.807) is 11.1 Å². The first-order chi connectivity index (χ1) is 7.68. The van der Waals surface area contributed by atoms with Gasteiger partial charge >= 0.3 is 5.69 Å². The van der Waals surface area contributed by atoms with E-state index >= 15 is 0 Å². The summed E-state index contributed by atoms with van der Waals surface area (Å²) in [5.74, 6) is 0.664. The average Bonchev–Trinajstić information content (AvgIpc) is 2.30. The fraction of sp³-hybridized carbons (Fsp3) is 0.167. The Morgan fingerprint density at radius 2 is 1.81 bits per heavy atom. The predicted molar refractivity (Wildman–Crippen MR) is 64.2 cm³/mol. The number of rotatable bonds is 2. The van der Waals surface area contributed by atoms with E-state index in [0.29, 0.717) is 5.82 Å². The summed E-state index contributed by atoms with van der Waals surface area (Å²) in [6.07, 6.45) is 1.74. The maximum atomic E-state index is 11.8. The molecule has 0 fully saturated rings. The monoisotopic (exact) mass is 215 g/mol. The van der Waals surface area contributed by atoms with Gasteiger partial charge in [0.2, 0.25) is 0 Å². The zero-order chi connectivity index (χ0) is 11.5. The number of aromatic nitrogens is 2. The topological polar surface area (TPSA) is 38.1 Å². The third kappa shape index (κ3) is 1.95. The Morgan fingerprint density at radius 1 is 1.12 bits per heavy atom. The van der Waals surface area contributed by atoms with E-state index in [1.807, 2.05) is 50.5 Å². The lowest BCUT2D eigenvalue weighted by Crippen LogP contribution is -2.24. The lowest BCUT2D eigenvalue weighted by atomic mass is 10.3. The highest BCUT2D eigenvalue weighted by Crippen LogP contribution is 2.06. The zero-order valence-electron chi connectivity index (χ0n) is 9.29. The van der Waals surface area contributed by atoms with Crippen LogP contribution in [0.2, 0.25) is 0 Å². The fourth-order valence-electron chi connectivity index (χ4n) is 1.43. The number of para-hydroxylation sites is 1. The van der Waals surface area contributed by atoms with E-state index in [2.05, 4.69) is 4.98 Å². The molecule has 0 radical (unpaired) electrons. The first-order valence-corrected chi connectivity index (χ1v) is 5.01. The predicted octanol–water partition coefficient (Wildman–Crippen LogP) is 1.30. The third-order valence-corrected chi connectivity index (χ3v) is 2.28. The molecule has 0 saturated carbocycles. The molecule has 0 N–H and O–H groups in total. The summed E-state index contributed by atoms with van der Waals surface area (Å²) in [4.78, 5) is 17.6. The van der Waals surface area contributed by atoms with Gasteiger partial charge in [-0.3, -0.25) is 4.57 Å². The van der Waals surface area contributed by atoms with E-state index in [1.165, 1.54) is 4.57 Å². The van der Waals surface area contributed by atoms with Crippen LogP contribution < -0.4 is 10.6 Å². The number of benzene rings is 1. The number of nitrogens with zero attached hydrogens (tertiary/aromatic N) is 3. The molecule has 0 aliphatic rings. The number of anilines is 1. The molecule has 0 aliphatic carbocycles. The molecular weight excluding hydrogens is 202 g/mol. The first kappa shape index (κ1) is 10.4. The maximum Gasteiger partial charge on any atom is 0.354 e. The first-order valence-electron chi connectivity index (χ1n) is 5.01. The van der Waals surface area contributed by atoms with Crippen molar-refractivity contribution in [1.29, 1.82) is 0 Å². The number of hydrogen-bond donors (Lipinski definition) is 0. The molecule has 1 aromatic heterocycles. The minimum Gasteiger partial charge on any atom is -0.363 e. The van der Waals surface area contributed by atoms with Gasteiger partial charge in [0.25, 0.3) is 0 Å². The van der Waals surface area contributed by atoms with E-state index in [4.69, 9.17) is 0 Å². The van der Waals surface area contributed by atoms with Crippen molar-refractivity contribution in [2.75, 3.05) is 19.0 Å². The Bertz CT molecular complexity index is 531. The molecule has 0 spiro atoms. The minimum absolute atomic E-state index is 0.266. The smallest absolute Gasteiger partial charge is 0.354 e. The summed E-state index contributed by atoms with van der Waals surface area (Å²) in [5.41, 5.74) is 0.558. The Labute approximate surface area is 93.8 Å². The van der Waals surface area contributed by atoms with Gasteiger partial charge in [-0.05, 0) is 18.2 Å². The summed E-state index contributed by atoms with van der Waals surface area (Å²) in [5, 5.41) is 0. The van der Waals surface area contributed by atoms with Crippen LogP contribution >= 0.6 is 0 Å². The van der Waals surface area contributed by atoms with Crippen molar-refractivity contribution in [2.24, 2.45) is 0 Å². The van der Waals surface area contributed by atoms with Crippen molar-refractivity contribution in [3.63, 3.8) is 0 Å². The average molecular weight is 215 g/mol. The minimum atomic E-state index is -0.266. The van der Waals surface area contributed by atoms with Crippen LogP contribution in [0, 0.1) is 0 Å². The maximum absolute atomic E-state index is 11.8. The summed E-state index contributed by atoms with van der Waals surface area (Å²) in [6, 6.07) is 11.3. The fourth-order valence-corrected chi connectivity index (χ4v) is 1.43. The van der Waals surface area contributed by atoms with Gasteiger partial charge in [-0.2, -0.15) is 4.98 Å². The Kier molecular flexibility index (Phi) is 2.72. The van der Waals surface area contributed by atoms with Crippen molar-refractivity contribution >= 4 is 5.82 Å². The molecule has 0 unspecified atom stereocenters. The third-order valence-electron chi connectivity index (χ3n) is 2.28. The van der Waals surface area contributed by atoms with Gasteiger partial charge in [-0.25, -0.2) is 4.79 Å². The standard InChI is InChI=1S/C12H13N3O/c1-14(2)11-8-9-15(12(16)13-11)10-6-4-3-5-7-10/h3-9H,1-2H3. The Morgan fingerprint density at radius 3 is 2.38 bits per heavy atom. The van der Waals surface area contributed by atoms with Crippen LogP contribution in [0.5, 0.6) is 0 Å². The van der Waals surface area contributed by atoms with Crippen LogP contribution in [-0.2, 0) is 0 Å². The van der Waals surface area contributed by atoms with Crippen LogP contribution in [0.25, 0.3) is 5.69 Å². The van der Waals surface area contributed by atoms with E-state index in [-0.39, 0.29) is 5.69 Å². The largest absolute Gasteiger partial charge is 0.363 e. The molecular formula is C12H13N3O. The Balaban J connectivity index is 2.49. The van der Waals surface area contributed by atoms with Gasteiger partial charge in [0, 0.05) is 20.3 Å². The summed E-state index contributed by atoms with van der Waals surface area (Å²) < 4.78 is 1.52. The van der Waals surface area contributed by atoms with Crippen molar-refractivity contribution in [3.8, 4) is 5.69 Å². The molecule has 0 bridgehead atoms. The quantitative estimate of drug-likeness (QED) is 0.757. The molecule has 0 saturated heterocycles. The SMILES string of the molecule is CN(C)c1ccn(-c2ccccc2)c(=O)n1. The van der Waals surface area contributed by atoms with Crippen LogP contribution in [0.3, 0.4) is 0 Å².